The van der Waals surface area contributed by atoms with Crippen LogP contribution in [-0.4, -0.2) is 39.0 Å². The van der Waals surface area contributed by atoms with Crippen molar-refractivity contribution in [3.8, 4) is 11.4 Å². The van der Waals surface area contributed by atoms with Gasteiger partial charge >= 0.3 is 6.09 Å². The van der Waals surface area contributed by atoms with Gasteiger partial charge in [0.1, 0.15) is 17.1 Å². The molecule has 0 spiro atoms. The van der Waals surface area contributed by atoms with Gasteiger partial charge in [-0.1, -0.05) is 24.3 Å². The Bertz CT molecular complexity index is 1310. The molecular weight excluding hydrogens is 418 g/mol. The topological polar surface area (TPSA) is 88.8 Å². The molecule has 0 fully saturated rings. The first-order valence-electron chi connectivity index (χ1n) is 10.5. The highest BCUT2D eigenvalue weighted by molar-refractivity contribution is 6.03. The normalized spacial score (nSPS) is 11.3. The maximum Gasteiger partial charge on any atom is 0.414 e. The molecule has 0 aliphatic rings. The van der Waals surface area contributed by atoms with Crippen LogP contribution in [0.2, 0.25) is 0 Å². The average molecular weight is 444 g/mol. The predicted octanol–water partition coefficient (Wildman–Crippen LogP) is 5.02. The highest BCUT2D eigenvalue weighted by Crippen LogP contribution is 2.24. The summed E-state index contributed by atoms with van der Waals surface area (Å²) < 4.78 is 7.31. The van der Waals surface area contributed by atoms with Gasteiger partial charge in [0.05, 0.1) is 23.3 Å². The van der Waals surface area contributed by atoms with Gasteiger partial charge in [-0.25, -0.2) is 14.8 Å². The van der Waals surface area contributed by atoms with Gasteiger partial charge in [0.25, 0.3) is 5.91 Å². The van der Waals surface area contributed by atoms with E-state index in [0.717, 1.165) is 5.69 Å². The third-order valence-corrected chi connectivity index (χ3v) is 4.83. The number of aromatic nitrogens is 3. The largest absolute Gasteiger partial charge is 0.443 e. The molecule has 0 radical (unpaired) electrons. The number of anilines is 2. The zero-order valence-corrected chi connectivity index (χ0v) is 18.9. The Kier molecular flexibility index (Phi) is 5.83. The summed E-state index contributed by atoms with van der Waals surface area (Å²) in [5, 5.41) is 2.83. The monoisotopic (exact) mass is 443 g/mol. The number of carbonyl (C=O) groups is 2. The summed E-state index contributed by atoms with van der Waals surface area (Å²) >= 11 is 0. The number of hydrogen-bond acceptors (Lipinski definition) is 5. The van der Waals surface area contributed by atoms with E-state index in [1.807, 2.05) is 61.6 Å². The van der Waals surface area contributed by atoms with Crippen molar-refractivity contribution in [3.05, 3.63) is 78.6 Å². The van der Waals surface area contributed by atoms with Crippen molar-refractivity contribution in [1.29, 1.82) is 0 Å². The number of fused-ring (bicyclic) bond motifs is 1. The Labute approximate surface area is 191 Å². The van der Waals surface area contributed by atoms with Crippen molar-refractivity contribution in [3.63, 3.8) is 0 Å². The summed E-state index contributed by atoms with van der Waals surface area (Å²) in [5.74, 6) is 0.193. The summed E-state index contributed by atoms with van der Waals surface area (Å²) in [6.45, 7) is 5.47. The molecule has 0 unspecified atom stereocenters. The number of nitrogens with one attached hydrogen (secondary N) is 1. The zero-order valence-electron chi connectivity index (χ0n) is 18.9. The molecule has 8 heteroatoms. The van der Waals surface area contributed by atoms with Gasteiger partial charge in [-0.15, -0.1) is 0 Å². The number of nitrogens with zero attached hydrogens (tertiary/aromatic N) is 4. The van der Waals surface area contributed by atoms with Crippen LogP contribution in [-0.2, 0) is 4.74 Å². The van der Waals surface area contributed by atoms with E-state index in [0.29, 0.717) is 28.4 Å². The van der Waals surface area contributed by atoms with Crippen LogP contribution >= 0.6 is 0 Å². The van der Waals surface area contributed by atoms with Gasteiger partial charge in [-0.2, -0.15) is 0 Å². The van der Waals surface area contributed by atoms with Crippen molar-refractivity contribution in [1.82, 2.24) is 14.4 Å². The molecule has 0 saturated heterocycles. The van der Waals surface area contributed by atoms with Crippen molar-refractivity contribution < 1.29 is 14.3 Å². The summed E-state index contributed by atoms with van der Waals surface area (Å²) in [5.41, 5.74) is 2.65. The molecule has 1 N–H and O–H groups in total. The lowest BCUT2D eigenvalue weighted by atomic mass is 10.2. The molecule has 0 atom stereocenters. The molecule has 168 valence electrons. The Hall–Kier alpha value is -4.20. The molecule has 0 bridgehead atoms. The molecule has 0 aliphatic heterocycles. The van der Waals surface area contributed by atoms with Crippen molar-refractivity contribution in [2.45, 2.75) is 26.4 Å². The van der Waals surface area contributed by atoms with Gasteiger partial charge in [0, 0.05) is 18.8 Å². The van der Waals surface area contributed by atoms with Crippen molar-refractivity contribution in [2.24, 2.45) is 0 Å². The lowest BCUT2D eigenvalue weighted by Crippen LogP contribution is -2.34. The number of ether oxygens (including phenoxy) is 1. The van der Waals surface area contributed by atoms with Gasteiger partial charge in [0.15, 0.2) is 0 Å². The number of carbonyl (C=O) groups excluding carboxylic acids is 2. The van der Waals surface area contributed by atoms with Crippen LogP contribution in [0.1, 0.15) is 31.1 Å². The van der Waals surface area contributed by atoms with E-state index in [9.17, 15) is 9.59 Å². The van der Waals surface area contributed by atoms with Gasteiger partial charge in [-0.05, 0) is 57.2 Å². The third-order valence-electron chi connectivity index (χ3n) is 4.83. The van der Waals surface area contributed by atoms with Crippen LogP contribution in [0.3, 0.4) is 0 Å². The average Bonchev–Trinajstić information content (AvgIpc) is 3.21. The van der Waals surface area contributed by atoms with E-state index in [2.05, 4.69) is 15.3 Å². The lowest BCUT2D eigenvalue weighted by molar-refractivity contribution is 0.0589. The van der Waals surface area contributed by atoms with Crippen LogP contribution in [0.25, 0.3) is 17.0 Å². The molecule has 0 aliphatic carbocycles. The van der Waals surface area contributed by atoms with E-state index in [4.69, 9.17) is 4.74 Å². The Morgan fingerprint density at radius 3 is 2.48 bits per heavy atom. The highest BCUT2D eigenvalue weighted by Gasteiger charge is 2.21. The minimum atomic E-state index is -0.593. The molecule has 33 heavy (non-hydrogen) atoms. The third kappa shape index (κ3) is 5.01. The number of imidazole rings is 1. The fourth-order valence-corrected chi connectivity index (χ4v) is 3.22. The van der Waals surface area contributed by atoms with Gasteiger partial charge in [0.2, 0.25) is 0 Å². The SMILES string of the molecule is CN(C(=O)OC(C)(C)C)c1ccc2ncc(-c3cccc(NC(=O)c4ccccc4)n3)n2c1. The second kappa shape index (κ2) is 8.74. The summed E-state index contributed by atoms with van der Waals surface area (Å²) in [6.07, 6.45) is 3.06. The predicted molar refractivity (Wildman–Crippen MR) is 127 cm³/mol. The molecule has 3 aromatic heterocycles. The van der Waals surface area contributed by atoms with E-state index in [-0.39, 0.29) is 5.91 Å². The number of hydrogen-bond donors (Lipinski definition) is 1. The smallest absolute Gasteiger partial charge is 0.414 e. The molecule has 2 amide bonds. The molecule has 4 aromatic rings. The van der Waals surface area contributed by atoms with Crippen LogP contribution in [0.15, 0.2) is 73.1 Å². The second-order valence-electron chi connectivity index (χ2n) is 8.53. The maximum atomic E-state index is 12.5. The molecule has 1 aromatic carbocycles. The lowest BCUT2D eigenvalue weighted by Gasteiger charge is -2.24. The minimum Gasteiger partial charge on any atom is -0.443 e. The number of amides is 2. The highest BCUT2D eigenvalue weighted by atomic mass is 16.6. The zero-order chi connectivity index (χ0) is 23.6. The fraction of sp³-hybridized carbons (Fsp3) is 0.200. The quantitative estimate of drug-likeness (QED) is 0.478. The maximum absolute atomic E-state index is 12.5. The first kappa shape index (κ1) is 22.0. The Morgan fingerprint density at radius 1 is 1.00 bits per heavy atom. The minimum absolute atomic E-state index is 0.236. The van der Waals surface area contributed by atoms with Crippen LogP contribution in [0.4, 0.5) is 16.3 Å². The van der Waals surface area contributed by atoms with Crippen LogP contribution in [0.5, 0.6) is 0 Å². The first-order valence-corrected chi connectivity index (χ1v) is 10.5. The molecule has 8 nitrogen and oxygen atoms in total. The standard InChI is InChI=1S/C25H25N5O3/c1-25(2,3)33-24(32)29(4)18-13-14-22-26-15-20(30(22)16-18)19-11-8-12-21(27-19)28-23(31)17-9-6-5-7-10-17/h5-16H,1-4H3,(H,27,28,31). The Balaban J connectivity index is 1.62. The van der Waals surface area contributed by atoms with Crippen molar-refractivity contribution in [2.75, 3.05) is 17.3 Å². The first-order chi connectivity index (χ1) is 15.7. The fourth-order valence-electron chi connectivity index (χ4n) is 3.22. The Morgan fingerprint density at radius 2 is 1.76 bits per heavy atom. The van der Waals surface area contributed by atoms with Crippen LogP contribution < -0.4 is 10.2 Å². The molecule has 4 rings (SSSR count). The van der Waals surface area contributed by atoms with Crippen LogP contribution in [0, 0.1) is 0 Å². The van der Waals surface area contributed by atoms with E-state index in [1.54, 1.807) is 43.7 Å². The summed E-state index contributed by atoms with van der Waals surface area (Å²) in [6, 6.07) is 18.0. The van der Waals surface area contributed by atoms with Gasteiger partial charge in [-0.3, -0.25) is 14.1 Å². The number of benzene rings is 1. The van der Waals surface area contributed by atoms with E-state index < -0.39 is 11.7 Å². The number of rotatable bonds is 4. The molecular formula is C25H25N5O3. The molecule has 3 heterocycles. The number of pyridine rings is 2. The van der Waals surface area contributed by atoms with Crippen molar-refractivity contribution >= 4 is 29.2 Å². The van der Waals surface area contributed by atoms with Gasteiger partial charge < -0.3 is 10.1 Å². The second-order valence-corrected chi connectivity index (χ2v) is 8.53. The van der Waals surface area contributed by atoms with E-state index >= 15 is 0 Å². The van der Waals surface area contributed by atoms with E-state index in [1.165, 1.54) is 4.90 Å². The molecule has 0 saturated carbocycles. The summed E-state index contributed by atoms with van der Waals surface area (Å²) in [7, 11) is 1.66. The summed E-state index contributed by atoms with van der Waals surface area (Å²) in [4.78, 5) is 35.4.